The van der Waals surface area contributed by atoms with E-state index in [1.807, 2.05) is 28.9 Å². The predicted molar refractivity (Wildman–Crippen MR) is 95.9 cm³/mol. The van der Waals surface area contributed by atoms with Gasteiger partial charge in [-0.25, -0.2) is 15.0 Å². The molecule has 8 heteroatoms. The highest BCUT2D eigenvalue weighted by atomic mass is 16.3. The van der Waals surface area contributed by atoms with Crippen LogP contribution in [0.2, 0.25) is 0 Å². The van der Waals surface area contributed by atoms with E-state index in [9.17, 15) is 9.90 Å². The van der Waals surface area contributed by atoms with Gasteiger partial charge in [-0.1, -0.05) is 0 Å². The lowest BCUT2D eigenvalue weighted by Gasteiger charge is -2.19. The van der Waals surface area contributed by atoms with Crippen LogP contribution in [0.3, 0.4) is 0 Å². The maximum atomic E-state index is 12.4. The van der Waals surface area contributed by atoms with E-state index in [1.54, 1.807) is 13.1 Å². The van der Waals surface area contributed by atoms with E-state index in [-0.39, 0.29) is 17.8 Å². The molecule has 1 amide bonds. The van der Waals surface area contributed by atoms with Crippen LogP contribution in [-0.4, -0.2) is 49.5 Å². The van der Waals surface area contributed by atoms with E-state index < -0.39 is 6.10 Å². The summed E-state index contributed by atoms with van der Waals surface area (Å²) in [6, 6.07) is 4.04. The summed E-state index contributed by atoms with van der Waals surface area (Å²) in [5.41, 5.74) is 1.64. The van der Waals surface area contributed by atoms with E-state index in [0.29, 0.717) is 12.1 Å². The molecule has 2 N–H and O–H groups in total. The normalized spacial score (nSPS) is 18.2. The third kappa shape index (κ3) is 3.11. The molecule has 1 aliphatic heterocycles. The van der Waals surface area contributed by atoms with Crippen LogP contribution in [0.1, 0.15) is 35.6 Å². The van der Waals surface area contributed by atoms with Crippen molar-refractivity contribution in [3.63, 3.8) is 0 Å². The Morgan fingerprint density at radius 3 is 2.88 bits per heavy atom. The Labute approximate surface area is 150 Å². The summed E-state index contributed by atoms with van der Waals surface area (Å²) in [7, 11) is 0. The van der Waals surface area contributed by atoms with E-state index in [0.717, 1.165) is 24.3 Å². The number of nitrogens with one attached hydrogen (secondary N) is 1. The molecule has 0 aromatic carbocycles. The Hall–Kier alpha value is -3.00. The zero-order valence-corrected chi connectivity index (χ0v) is 14.4. The number of amides is 1. The average molecular weight is 352 g/mol. The lowest BCUT2D eigenvalue weighted by atomic mass is 10.2. The van der Waals surface area contributed by atoms with Crippen LogP contribution in [0, 0.1) is 0 Å². The smallest absolute Gasteiger partial charge is 0.289 e. The molecule has 0 spiro atoms. The number of aliphatic hydroxyl groups excluding tert-OH is 1. The Balaban J connectivity index is 1.42. The molecule has 4 rings (SSSR count). The summed E-state index contributed by atoms with van der Waals surface area (Å²) in [5, 5.41) is 12.5. The second-order valence-electron chi connectivity index (χ2n) is 6.47. The molecular formula is C18H20N6O2. The third-order valence-corrected chi connectivity index (χ3v) is 4.61. The summed E-state index contributed by atoms with van der Waals surface area (Å²) >= 11 is 0. The highest BCUT2D eigenvalue weighted by molar-refractivity contribution is 5.90. The van der Waals surface area contributed by atoms with E-state index in [1.165, 1.54) is 12.4 Å². The van der Waals surface area contributed by atoms with Crippen molar-refractivity contribution in [3.8, 4) is 0 Å². The van der Waals surface area contributed by atoms with Crippen molar-refractivity contribution >= 4 is 17.2 Å². The number of hydrogen-bond donors (Lipinski definition) is 2. The van der Waals surface area contributed by atoms with Crippen LogP contribution >= 0.6 is 0 Å². The molecule has 8 nitrogen and oxygen atoms in total. The highest BCUT2D eigenvalue weighted by Crippen LogP contribution is 2.23. The second kappa shape index (κ2) is 6.72. The Bertz CT molecular complexity index is 921. The zero-order valence-electron chi connectivity index (χ0n) is 14.4. The van der Waals surface area contributed by atoms with Crippen LogP contribution in [0.5, 0.6) is 0 Å². The number of fused-ring (bicyclic) bond motifs is 1. The number of aromatic nitrogens is 4. The number of aliphatic hydroxyl groups is 1. The van der Waals surface area contributed by atoms with Crippen LogP contribution < -0.4 is 10.2 Å². The second-order valence-corrected chi connectivity index (χ2v) is 6.47. The predicted octanol–water partition coefficient (Wildman–Crippen LogP) is 1.19. The van der Waals surface area contributed by atoms with E-state index in [2.05, 4.69) is 25.2 Å². The summed E-state index contributed by atoms with van der Waals surface area (Å²) in [5.74, 6) is 0.731. The lowest BCUT2D eigenvalue weighted by molar-refractivity contribution is 0.0929. The van der Waals surface area contributed by atoms with Gasteiger partial charge in [0.25, 0.3) is 5.91 Å². The van der Waals surface area contributed by atoms with Gasteiger partial charge < -0.3 is 19.7 Å². The van der Waals surface area contributed by atoms with Crippen LogP contribution in [0.25, 0.3) is 5.52 Å². The van der Waals surface area contributed by atoms with Crippen LogP contribution in [0.15, 0.2) is 43.1 Å². The van der Waals surface area contributed by atoms with Crippen molar-refractivity contribution in [2.24, 2.45) is 0 Å². The van der Waals surface area contributed by atoms with Gasteiger partial charge in [0.2, 0.25) is 5.82 Å². The summed E-state index contributed by atoms with van der Waals surface area (Å²) < 4.78 is 2.03. The van der Waals surface area contributed by atoms with E-state index in [4.69, 9.17) is 0 Å². The van der Waals surface area contributed by atoms with E-state index >= 15 is 0 Å². The van der Waals surface area contributed by atoms with Crippen molar-refractivity contribution in [2.75, 3.05) is 18.0 Å². The molecule has 26 heavy (non-hydrogen) atoms. The maximum Gasteiger partial charge on any atom is 0.289 e. The van der Waals surface area contributed by atoms with Gasteiger partial charge in [-0.3, -0.25) is 4.79 Å². The molecule has 3 aromatic heterocycles. The number of hydrogen-bond acceptors (Lipinski definition) is 6. The molecule has 0 saturated carbocycles. The fraction of sp³-hybridized carbons (Fsp3) is 0.333. The SMILES string of the molecule is CC(O)c1cnc(C(=O)NC2CCN(c3nccn4cccc34)C2)nc1. The maximum absolute atomic E-state index is 12.4. The van der Waals surface area contributed by atoms with Crippen molar-refractivity contribution < 1.29 is 9.90 Å². The average Bonchev–Trinajstić information content (AvgIpc) is 3.30. The monoisotopic (exact) mass is 352 g/mol. The molecule has 0 radical (unpaired) electrons. The van der Waals surface area contributed by atoms with Crippen LogP contribution in [-0.2, 0) is 0 Å². The fourth-order valence-electron chi connectivity index (χ4n) is 3.19. The largest absolute Gasteiger partial charge is 0.389 e. The van der Waals surface area contributed by atoms with Gasteiger partial charge >= 0.3 is 0 Å². The minimum Gasteiger partial charge on any atom is -0.389 e. The molecule has 1 aliphatic rings. The van der Waals surface area contributed by atoms with Gasteiger partial charge in [-0.15, -0.1) is 0 Å². The van der Waals surface area contributed by atoms with Gasteiger partial charge in [-0.2, -0.15) is 0 Å². The number of nitrogens with zero attached hydrogens (tertiary/aromatic N) is 5. The van der Waals surface area contributed by atoms with Gasteiger partial charge in [-0.05, 0) is 25.5 Å². The molecule has 0 aliphatic carbocycles. The molecule has 2 atom stereocenters. The van der Waals surface area contributed by atoms with Crippen LogP contribution in [0.4, 0.5) is 5.82 Å². The molecule has 134 valence electrons. The molecule has 1 saturated heterocycles. The number of carbonyl (C=O) groups is 1. The summed E-state index contributed by atoms with van der Waals surface area (Å²) in [6.07, 6.45) is 8.83. The van der Waals surface area contributed by atoms with Crippen molar-refractivity contribution in [1.29, 1.82) is 0 Å². The first-order chi connectivity index (χ1) is 12.6. The van der Waals surface area contributed by atoms with Gasteiger partial charge in [0, 0.05) is 55.7 Å². The molecule has 2 unspecified atom stereocenters. The van der Waals surface area contributed by atoms with Crippen molar-refractivity contribution in [2.45, 2.75) is 25.5 Å². The topological polar surface area (TPSA) is 95.7 Å². The van der Waals surface area contributed by atoms with Gasteiger partial charge in [0.05, 0.1) is 11.6 Å². The van der Waals surface area contributed by atoms with Crippen molar-refractivity contribution in [1.82, 2.24) is 24.7 Å². The number of carbonyl (C=O) groups excluding carboxylic acids is 1. The Kier molecular flexibility index (Phi) is 4.26. The first kappa shape index (κ1) is 16.5. The molecule has 4 heterocycles. The first-order valence-electron chi connectivity index (χ1n) is 8.59. The molecular weight excluding hydrogens is 332 g/mol. The standard InChI is InChI=1S/C18H20N6O2/c1-12(25)13-9-20-16(21-10-13)18(26)22-14-4-7-24(11-14)17-15-3-2-6-23(15)8-5-19-17/h2-3,5-6,8-10,12,14,25H,4,7,11H2,1H3,(H,22,26). The third-order valence-electron chi connectivity index (χ3n) is 4.61. The van der Waals surface area contributed by atoms with Gasteiger partial charge in [0.15, 0.2) is 5.82 Å². The minimum absolute atomic E-state index is 0.0135. The fourth-order valence-corrected chi connectivity index (χ4v) is 3.19. The minimum atomic E-state index is -0.653. The van der Waals surface area contributed by atoms with Gasteiger partial charge in [0.1, 0.15) is 0 Å². The molecule has 1 fully saturated rings. The lowest BCUT2D eigenvalue weighted by Crippen LogP contribution is -2.38. The molecule has 0 bridgehead atoms. The summed E-state index contributed by atoms with van der Waals surface area (Å²) in [6.45, 7) is 3.14. The Morgan fingerprint density at radius 2 is 2.12 bits per heavy atom. The quantitative estimate of drug-likeness (QED) is 0.732. The summed E-state index contributed by atoms with van der Waals surface area (Å²) in [4.78, 5) is 27.1. The highest BCUT2D eigenvalue weighted by Gasteiger charge is 2.27. The molecule has 3 aromatic rings. The van der Waals surface area contributed by atoms with Crippen molar-refractivity contribution in [3.05, 3.63) is 54.5 Å². The first-order valence-corrected chi connectivity index (χ1v) is 8.59. The zero-order chi connectivity index (χ0) is 18.1. The number of rotatable bonds is 4. The number of anilines is 1. The Morgan fingerprint density at radius 1 is 1.31 bits per heavy atom.